The molecule has 0 aromatic carbocycles. The van der Waals surface area contributed by atoms with Gasteiger partial charge < -0.3 is 15.0 Å². The van der Waals surface area contributed by atoms with Gasteiger partial charge in [-0.05, 0) is 32.5 Å². The minimum Gasteiger partial charge on any atom is -0.385 e. The Morgan fingerprint density at radius 1 is 1.07 bits per heavy atom. The molecule has 0 aromatic heterocycles. The molecule has 3 nitrogen and oxygen atoms in total. The number of likely N-dealkylation sites (N-methyl/N-ethyl adjacent to an activating group) is 1. The fourth-order valence-electron chi connectivity index (χ4n) is 1.40. The Labute approximate surface area is 88.8 Å². The summed E-state index contributed by atoms with van der Waals surface area (Å²) < 4.78 is 4.99. The monoisotopic (exact) mass is 202 g/mol. The van der Waals surface area contributed by atoms with Crippen LogP contribution in [-0.4, -0.2) is 51.3 Å². The number of ether oxygens (including phenoxy) is 1. The number of rotatable bonds is 10. The number of nitrogens with one attached hydrogen (secondary N) is 1. The maximum Gasteiger partial charge on any atom is 0.0462 e. The van der Waals surface area contributed by atoms with Crippen molar-refractivity contribution in [2.45, 2.75) is 26.7 Å². The van der Waals surface area contributed by atoms with Crippen LogP contribution in [0.15, 0.2) is 0 Å². The van der Waals surface area contributed by atoms with Crippen molar-refractivity contribution in [2.75, 3.05) is 46.4 Å². The van der Waals surface area contributed by atoms with Crippen LogP contribution in [0.3, 0.4) is 0 Å². The summed E-state index contributed by atoms with van der Waals surface area (Å²) in [5.41, 5.74) is 0. The molecular weight excluding hydrogens is 176 g/mol. The molecule has 0 heterocycles. The summed E-state index contributed by atoms with van der Waals surface area (Å²) in [7, 11) is 1.76. The van der Waals surface area contributed by atoms with Gasteiger partial charge in [-0.3, -0.25) is 0 Å². The van der Waals surface area contributed by atoms with E-state index in [0.717, 1.165) is 45.8 Å². The van der Waals surface area contributed by atoms with E-state index in [2.05, 4.69) is 24.1 Å². The molecule has 0 rings (SSSR count). The van der Waals surface area contributed by atoms with Gasteiger partial charge in [-0.25, -0.2) is 0 Å². The van der Waals surface area contributed by atoms with Gasteiger partial charge in [-0.15, -0.1) is 0 Å². The van der Waals surface area contributed by atoms with Crippen molar-refractivity contribution in [1.82, 2.24) is 10.2 Å². The van der Waals surface area contributed by atoms with E-state index in [4.69, 9.17) is 4.74 Å². The average molecular weight is 202 g/mol. The van der Waals surface area contributed by atoms with Gasteiger partial charge in [0, 0.05) is 26.8 Å². The molecule has 0 radical (unpaired) electrons. The highest BCUT2D eigenvalue weighted by atomic mass is 16.5. The molecule has 0 bridgehead atoms. The van der Waals surface area contributed by atoms with Crippen LogP contribution in [0.4, 0.5) is 0 Å². The maximum absolute atomic E-state index is 4.99. The van der Waals surface area contributed by atoms with Crippen LogP contribution in [0.1, 0.15) is 26.7 Å². The fourth-order valence-corrected chi connectivity index (χ4v) is 1.40. The normalized spacial score (nSPS) is 11.1. The quantitative estimate of drug-likeness (QED) is 0.541. The van der Waals surface area contributed by atoms with Gasteiger partial charge in [0.15, 0.2) is 0 Å². The van der Waals surface area contributed by atoms with E-state index >= 15 is 0 Å². The highest BCUT2D eigenvalue weighted by molar-refractivity contribution is 4.55. The molecular formula is C11H26N2O. The van der Waals surface area contributed by atoms with Gasteiger partial charge in [-0.2, -0.15) is 0 Å². The molecule has 0 amide bonds. The van der Waals surface area contributed by atoms with Crippen molar-refractivity contribution in [3.8, 4) is 0 Å². The van der Waals surface area contributed by atoms with E-state index < -0.39 is 0 Å². The maximum atomic E-state index is 4.99. The number of unbranched alkanes of at least 4 members (excludes halogenated alkanes) is 1. The molecule has 0 aliphatic heterocycles. The van der Waals surface area contributed by atoms with Crippen LogP contribution in [0.5, 0.6) is 0 Å². The summed E-state index contributed by atoms with van der Waals surface area (Å²) in [5, 5.41) is 3.45. The number of nitrogens with zero attached hydrogens (tertiary/aromatic N) is 1. The molecule has 0 aromatic rings. The second-order valence-electron chi connectivity index (χ2n) is 3.48. The van der Waals surface area contributed by atoms with E-state index in [1.165, 1.54) is 6.42 Å². The zero-order valence-corrected chi connectivity index (χ0v) is 10.0. The SMILES string of the molecule is CCN(CC)CCNCCCCOC. The standard InChI is InChI=1S/C11H26N2O/c1-4-13(5-2)10-9-12-8-6-7-11-14-3/h12H,4-11H2,1-3H3. The van der Waals surface area contributed by atoms with Gasteiger partial charge >= 0.3 is 0 Å². The second-order valence-corrected chi connectivity index (χ2v) is 3.48. The average Bonchev–Trinajstić information content (AvgIpc) is 2.22. The molecule has 14 heavy (non-hydrogen) atoms. The predicted octanol–water partition coefficient (Wildman–Crippen LogP) is 1.34. The molecule has 0 aliphatic carbocycles. The van der Waals surface area contributed by atoms with Crippen molar-refractivity contribution in [3.63, 3.8) is 0 Å². The summed E-state index contributed by atoms with van der Waals surface area (Å²) in [6.07, 6.45) is 2.38. The van der Waals surface area contributed by atoms with Crippen molar-refractivity contribution >= 4 is 0 Å². The Hall–Kier alpha value is -0.120. The number of hydrogen-bond acceptors (Lipinski definition) is 3. The highest BCUT2D eigenvalue weighted by Gasteiger charge is 1.96. The van der Waals surface area contributed by atoms with Crippen LogP contribution in [0, 0.1) is 0 Å². The van der Waals surface area contributed by atoms with Gasteiger partial charge in [-0.1, -0.05) is 13.8 Å². The van der Waals surface area contributed by atoms with Gasteiger partial charge in [0.05, 0.1) is 0 Å². The number of methoxy groups -OCH3 is 1. The molecule has 3 heteroatoms. The first-order chi connectivity index (χ1) is 6.85. The minimum atomic E-state index is 0.887. The molecule has 0 spiro atoms. The zero-order chi connectivity index (χ0) is 10.6. The number of hydrogen-bond donors (Lipinski definition) is 1. The van der Waals surface area contributed by atoms with Crippen molar-refractivity contribution in [2.24, 2.45) is 0 Å². The lowest BCUT2D eigenvalue weighted by molar-refractivity contribution is 0.192. The first-order valence-corrected chi connectivity index (χ1v) is 5.77. The lowest BCUT2D eigenvalue weighted by atomic mass is 10.3. The van der Waals surface area contributed by atoms with Crippen LogP contribution in [0.25, 0.3) is 0 Å². The molecule has 1 N–H and O–H groups in total. The third kappa shape index (κ3) is 8.48. The van der Waals surface area contributed by atoms with Crippen molar-refractivity contribution in [1.29, 1.82) is 0 Å². The molecule has 0 saturated carbocycles. The zero-order valence-electron chi connectivity index (χ0n) is 10.0. The third-order valence-electron chi connectivity index (χ3n) is 2.45. The molecule has 0 unspecified atom stereocenters. The van der Waals surface area contributed by atoms with E-state index in [0.29, 0.717) is 0 Å². The van der Waals surface area contributed by atoms with Gasteiger partial charge in [0.25, 0.3) is 0 Å². The van der Waals surface area contributed by atoms with Crippen LogP contribution in [0.2, 0.25) is 0 Å². The highest BCUT2D eigenvalue weighted by Crippen LogP contribution is 1.87. The fraction of sp³-hybridized carbons (Fsp3) is 1.00. The molecule has 0 fully saturated rings. The summed E-state index contributed by atoms with van der Waals surface area (Å²) >= 11 is 0. The lowest BCUT2D eigenvalue weighted by Gasteiger charge is -2.17. The van der Waals surface area contributed by atoms with E-state index in [1.54, 1.807) is 7.11 Å². The van der Waals surface area contributed by atoms with E-state index in [9.17, 15) is 0 Å². The van der Waals surface area contributed by atoms with Crippen molar-refractivity contribution < 1.29 is 4.74 Å². The Bertz CT molecular complexity index is 105. The lowest BCUT2D eigenvalue weighted by Crippen LogP contribution is -2.32. The topological polar surface area (TPSA) is 24.5 Å². The molecule has 0 saturated heterocycles. The molecule has 0 atom stereocenters. The third-order valence-corrected chi connectivity index (χ3v) is 2.45. The summed E-state index contributed by atoms with van der Waals surface area (Å²) in [6.45, 7) is 11.0. The smallest absolute Gasteiger partial charge is 0.0462 e. The Morgan fingerprint density at radius 3 is 2.36 bits per heavy atom. The summed E-state index contributed by atoms with van der Waals surface area (Å²) in [6, 6.07) is 0. The summed E-state index contributed by atoms with van der Waals surface area (Å²) in [5.74, 6) is 0. The van der Waals surface area contributed by atoms with Crippen LogP contribution in [-0.2, 0) is 4.74 Å². The van der Waals surface area contributed by atoms with Gasteiger partial charge in [0.1, 0.15) is 0 Å². The second kappa shape index (κ2) is 11.0. The Balaban J connectivity index is 3.04. The van der Waals surface area contributed by atoms with Crippen LogP contribution >= 0.6 is 0 Å². The van der Waals surface area contributed by atoms with E-state index in [1.807, 2.05) is 0 Å². The first kappa shape index (κ1) is 13.9. The largest absolute Gasteiger partial charge is 0.385 e. The molecule has 86 valence electrons. The predicted molar refractivity (Wildman–Crippen MR) is 61.8 cm³/mol. The Morgan fingerprint density at radius 2 is 1.79 bits per heavy atom. The van der Waals surface area contributed by atoms with E-state index in [-0.39, 0.29) is 0 Å². The Kier molecular flexibility index (Phi) is 10.9. The summed E-state index contributed by atoms with van der Waals surface area (Å²) in [4.78, 5) is 2.43. The van der Waals surface area contributed by atoms with Gasteiger partial charge in [0.2, 0.25) is 0 Å². The van der Waals surface area contributed by atoms with Crippen LogP contribution < -0.4 is 5.32 Å². The minimum absolute atomic E-state index is 0.887. The first-order valence-electron chi connectivity index (χ1n) is 5.77. The van der Waals surface area contributed by atoms with Crippen molar-refractivity contribution in [3.05, 3.63) is 0 Å². The molecule has 0 aliphatic rings.